The van der Waals surface area contributed by atoms with Crippen molar-refractivity contribution in [2.75, 3.05) is 13.6 Å². The van der Waals surface area contributed by atoms with Crippen LogP contribution in [0.3, 0.4) is 0 Å². The summed E-state index contributed by atoms with van der Waals surface area (Å²) in [5.41, 5.74) is 7.33. The first-order chi connectivity index (χ1) is 8.88. The van der Waals surface area contributed by atoms with Crippen LogP contribution in [0.5, 0.6) is 0 Å². The molecule has 0 saturated carbocycles. The highest BCUT2D eigenvalue weighted by Crippen LogP contribution is 2.27. The summed E-state index contributed by atoms with van der Waals surface area (Å²) in [5, 5.41) is 0. The average molecular weight is 274 g/mol. The Morgan fingerprint density at radius 3 is 2.11 bits per heavy atom. The number of aryl methyl sites for hydroxylation is 1. The van der Waals surface area contributed by atoms with Gasteiger partial charge in [0.05, 0.1) is 0 Å². The van der Waals surface area contributed by atoms with Gasteiger partial charge in [-0.25, -0.2) is 0 Å². The number of hydrogen-bond donors (Lipinski definition) is 1. The minimum atomic E-state index is -4.24. The van der Waals surface area contributed by atoms with Crippen LogP contribution in [-0.2, 0) is 13.0 Å². The Bertz CT molecular complexity index is 373. The molecule has 1 aromatic carbocycles. The van der Waals surface area contributed by atoms with Crippen molar-refractivity contribution in [1.29, 1.82) is 0 Å². The van der Waals surface area contributed by atoms with Gasteiger partial charge >= 0.3 is 6.18 Å². The molecule has 108 valence electrons. The molecule has 1 aromatic rings. The fraction of sp³-hybridized carbons (Fsp3) is 0.571. The van der Waals surface area contributed by atoms with E-state index in [2.05, 4.69) is 0 Å². The van der Waals surface area contributed by atoms with Crippen LogP contribution in [0.1, 0.15) is 24.5 Å². The van der Waals surface area contributed by atoms with E-state index in [1.54, 1.807) is 0 Å². The first kappa shape index (κ1) is 16.0. The predicted molar refractivity (Wildman–Crippen MR) is 70.8 cm³/mol. The molecule has 0 radical (unpaired) electrons. The molecule has 0 aliphatic rings. The van der Waals surface area contributed by atoms with E-state index in [0.29, 0.717) is 0 Å². The first-order valence-corrected chi connectivity index (χ1v) is 6.43. The molecule has 2 nitrogen and oxygen atoms in total. The Hall–Kier alpha value is -1.07. The van der Waals surface area contributed by atoms with E-state index in [1.807, 2.05) is 31.2 Å². The van der Waals surface area contributed by atoms with E-state index in [9.17, 15) is 13.2 Å². The van der Waals surface area contributed by atoms with Crippen LogP contribution in [0, 0.1) is 0 Å². The molecular formula is C14H21F3N2. The van der Waals surface area contributed by atoms with Crippen LogP contribution in [0.2, 0.25) is 0 Å². The van der Waals surface area contributed by atoms with Crippen molar-refractivity contribution < 1.29 is 13.2 Å². The molecule has 0 spiro atoms. The van der Waals surface area contributed by atoms with E-state index in [-0.39, 0.29) is 19.5 Å². The van der Waals surface area contributed by atoms with E-state index >= 15 is 0 Å². The third kappa shape index (κ3) is 4.84. The Labute approximate surface area is 112 Å². The lowest BCUT2D eigenvalue weighted by atomic mass is 10.1. The number of rotatable bonds is 6. The molecule has 0 saturated heterocycles. The van der Waals surface area contributed by atoms with Gasteiger partial charge in [0.25, 0.3) is 0 Å². The topological polar surface area (TPSA) is 29.3 Å². The molecule has 19 heavy (non-hydrogen) atoms. The van der Waals surface area contributed by atoms with E-state index < -0.39 is 12.2 Å². The van der Waals surface area contributed by atoms with Crippen LogP contribution < -0.4 is 5.73 Å². The number of nitrogens with zero attached hydrogens (tertiary/aromatic N) is 1. The van der Waals surface area contributed by atoms with Gasteiger partial charge < -0.3 is 5.73 Å². The smallest absolute Gasteiger partial charge is 0.330 e. The van der Waals surface area contributed by atoms with Crippen LogP contribution in [0.25, 0.3) is 0 Å². The lowest BCUT2D eigenvalue weighted by Crippen LogP contribution is -2.44. The molecular weight excluding hydrogens is 253 g/mol. The molecule has 5 heteroatoms. The number of hydrogen-bond acceptors (Lipinski definition) is 2. The second-order valence-electron chi connectivity index (χ2n) is 4.72. The summed E-state index contributed by atoms with van der Waals surface area (Å²) in [6.07, 6.45) is -3.39. The third-order valence-corrected chi connectivity index (χ3v) is 3.21. The maximum Gasteiger partial charge on any atom is 0.404 e. The molecule has 0 fully saturated rings. The van der Waals surface area contributed by atoms with Gasteiger partial charge in [-0.3, -0.25) is 4.90 Å². The number of benzene rings is 1. The molecule has 1 unspecified atom stereocenters. The van der Waals surface area contributed by atoms with Gasteiger partial charge in [0.15, 0.2) is 0 Å². The zero-order chi connectivity index (χ0) is 14.5. The quantitative estimate of drug-likeness (QED) is 0.864. The van der Waals surface area contributed by atoms with Crippen molar-refractivity contribution in [3.63, 3.8) is 0 Å². The summed E-state index contributed by atoms with van der Waals surface area (Å²) < 4.78 is 38.6. The van der Waals surface area contributed by atoms with Gasteiger partial charge in [-0.15, -0.1) is 0 Å². The normalized spacial score (nSPS) is 13.8. The zero-order valence-electron chi connectivity index (χ0n) is 11.4. The van der Waals surface area contributed by atoms with Crippen molar-refractivity contribution in [3.05, 3.63) is 35.4 Å². The number of halogens is 3. The summed E-state index contributed by atoms with van der Waals surface area (Å²) in [5.74, 6) is 0. The Morgan fingerprint density at radius 1 is 1.16 bits per heavy atom. The van der Waals surface area contributed by atoms with Gasteiger partial charge in [0.2, 0.25) is 0 Å². The monoisotopic (exact) mass is 274 g/mol. The molecule has 1 atom stereocenters. The maximum atomic E-state index is 12.9. The third-order valence-electron chi connectivity index (χ3n) is 3.21. The van der Waals surface area contributed by atoms with Crippen molar-refractivity contribution in [2.24, 2.45) is 5.73 Å². The molecule has 0 aliphatic heterocycles. The number of nitrogens with two attached hydrogens (primary N) is 1. The highest BCUT2D eigenvalue weighted by Gasteiger charge is 2.41. The van der Waals surface area contributed by atoms with Gasteiger partial charge in [0, 0.05) is 6.54 Å². The summed E-state index contributed by atoms with van der Waals surface area (Å²) in [4.78, 5) is 1.31. The standard InChI is InChI=1S/C14H21F3N2/c1-3-11-4-6-12(7-5-11)10-19(2)13(8-9-18)14(15,16)17/h4-7,13H,3,8-10,18H2,1-2H3. The van der Waals surface area contributed by atoms with E-state index in [1.165, 1.54) is 17.5 Å². The van der Waals surface area contributed by atoms with E-state index in [4.69, 9.17) is 5.73 Å². The summed E-state index contributed by atoms with van der Waals surface area (Å²) in [6, 6.07) is 6.18. The minimum absolute atomic E-state index is 0.0310. The SMILES string of the molecule is CCc1ccc(CN(C)C(CCN)C(F)(F)F)cc1. The highest BCUT2D eigenvalue weighted by molar-refractivity contribution is 5.22. The lowest BCUT2D eigenvalue weighted by molar-refractivity contribution is -0.182. The fourth-order valence-corrected chi connectivity index (χ4v) is 2.07. The van der Waals surface area contributed by atoms with Crippen LogP contribution in [0.4, 0.5) is 13.2 Å². The van der Waals surface area contributed by atoms with Gasteiger partial charge in [-0.05, 0) is 37.6 Å². The van der Waals surface area contributed by atoms with Crippen LogP contribution in [0.15, 0.2) is 24.3 Å². The summed E-state index contributed by atoms with van der Waals surface area (Å²) in [6.45, 7) is 2.35. The van der Waals surface area contributed by atoms with Crippen molar-refractivity contribution in [1.82, 2.24) is 4.90 Å². The second-order valence-corrected chi connectivity index (χ2v) is 4.72. The van der Waals surface area contributed by atoms with Crippen molar-refractivity contribution in [2.45, 2.75) is 38.5 Å². The Balaban J connectivity index is 2.72. The van der Waals surface area contributed by atoms with Gasteiger partial charge in [0.1, 0.15) is 6.04 Å². The van der Waals surface area contributed by atoms with Crippen molar-refractivity contribution >= 4 is 0 Å². The first-order valence-electron chi connectivity index (χ1n) is 6.43. The highest BCUT2D eigenvalue weighted by atomic mass is 19.4. The predicted octanol–water partition coefficient (Wildman–Crippen LogP) is 2.96. The fourth-order valence-electron chi connectivity index (χ4n) is 2.07. The summed E-state index contributed by atoms with van der Waals surface area (Å²) >= 11 is 0. The van der Waals surface area contributed by atoms with Crippen molar-refractivity contribution in [3.8, 4) is 0 Å². The minimum Gasteiger partial charge on any atom is -0.330 e. The summed E-state index contributed by atoms with van der Waals surface area (Å²) in [7, 11) is 1.49. The second kappa shape index (κ2) is 6.91. The van der Waals surface area contributed by atoms with Gasteiger partial charge in [-0.2, -0.15) is 13.2 Å². The Morgan fingerprint density at radius 2 is 1.68 bits per heavy atom. The number of alkyl halides is 3. The maximum absolute atomic E-state index is 12.9. The molecule has 0 amide bonds. The van der Waals surface area contributed by atoms with E-state index in [0.717, 1.165) is 12.0 Å². The van der Waals surface area contributed by atoms with Gasteiger partial charge in [-0.1, -0.05) is 31.2 Å². The molecule has 0 aromatic heterocycles. The zero-order valence-corrected chi connectivity index (χ0v) is 11.4. The Kier molecular flexibility index (Phi) is 5.82. The molecule has 1 rings (SSSR count). The lowest BCUT2D eigenvalue weighted by Gasteiger charge is -2.29. The molecule has 2 N–H and O–H groups in total. The van der Waals surface area contributed by atoms with Crippen LogP contribution in [-0.4, -0.2) is 30.7 Å². The average Bonchev–Trinajstić information content (AvgIpc) is 2.35. The largest absolute Gasteiger partial charge is 0.404 e. The molecule has 0 heterocycles. The molecule has 0 bridgehead atoms. The van der Waals surface area contributed by atoms with Crippen LogP contribution >= 0.6 is 0 Å². The molecule has 0 aliphatic carbocycles.